The molecule has 8 heteroatoms. The number of furan rings is 1. The summed E-state index contributed by atoms with van der Waals surface area (Å²) in [5, 5.41) is 6.88. The first-order valence-electron chi connectivity index (χ1n) is 11.4. The molecule has 0 radical (unpaired) electrons. The molecule has 2 aliphatic rings. The molecular formula is C24H35IN4O3. The van der Waals surface area contributed by atoms with Gasteiger partial charge in [-0.15, -0.1) is 24.0 Å². The van der Waals surface area contributed by atoms with Crippen LogP contribution in [0.15, 0.2) is 46.0 Å². The van der Waals surface area contributed by atoms with Crippen LogP contribution in [0.5, 0.6) is 11.5 Å². The van der Waals surface area contributed by atoms with Crippen molar-refractivity contribution in [2.75, 3.05) is 51.8 Å². The van der Waals surface area contributed by atoms with Crippen molar-refractivity contribution < 1.29 is 13.9 Å². The van der Waals surface area contributed by atoms with E-state index in [1.165, 1.54) is 25.9 Å². The third kappa shape index (κ3) is 7.58. The zero-order valence-electron chi connectivity index (χ0n) is 18.8. The lowest BCUT2D eigenvalue weighted by Gasteiger charge is -2.28. The minimum Gasteiger partial charge on any atom is -0.490 e. The van der Waals surface area contributed by atoms with Crippen molar-refractivity contribution in [1.29, 1.82) is 0 Å². The fourth-order valence-corrected chi connectivity index (χ4v) is 3.99. The molecule has 0 atom stereocenters. The minimum atomic E-state index is 0. The smallest absolute Gasteiger partial charge is 0.195 e. The number of guanidine groups is 1. The SMILES string of the molecule is CN1CCC(CCN=C(NCCc2ccco2)Nc2ccc3c(c2)OCCCO3)CC1.I. The first-order chi connectivity index (χ1) is 15.3. The standard InChI is InChI=1S/C24H34N4O3.HI/c1-28-13-9-19(10-14-28)7-11-25-24(26-12-8-21-4-2-15-29-21)27-20-5-6-22-23(18-20)31-17-3-16-30-22;/h2,4-6,15,18-19H,3,7-14,16-17H2,1H3,(H2,25,26,27);1H. The number of piperidine rings is 1. The third-order valence-corrected chi connectivity index (χ3v) is 5.90. The number of nitrogens with zero attached hydrogens (tertiary/aromatic N) is 2. The summed E-state index contributed by atoms with van der Waals surface area (Å²) in [6.45, 7) is 5.32. The van der Waals surface area contributed by atoms with Crippen molar-refractivity contribution in [3.63, 3.8) is 0 Å². The Balaban J connectivity index is 0.00000289. The van der Waals surface area contributed by atoms with Gasteiger partial charge < -0.3 is 29.4 Å². The summed E-state index contributed by atoms with van der Waals surface area (Å²) >= 11 is 0. The predicted molar refractivity (Wildman–Crippen MR) is 139 cm³/mol. The molecule has 32 heavy (non-hydrogen) atoms. The fraction of sp³-hybridized carbons (Fsp3) is 0.542. The van der Waals surface area contributed by atoms with Gasteiger partial charge in [-0.05, 0) is 69.6 Å². The molecule has 0 aliphatic carbocycles. The summed E-state index contributed by atoms with van der Waals surface area (Å²) in [6, 6.07) is 9.87. The molecule has 7 nitrogen and oxygen atoms in total. The summed E-state index contributed by atoms with van der Waals surface area (Å²) < 4.78 is 17.0. The Labute approximate surface area is 208 Å². The highest BCUT2D eigenvalue weighted by Crippen LogP contribution is 2.32. The minimum absolute atomic E-state index is 0. The maximum Gasteiger partial charge on any atom is 0.195 e. The van der Waals surface area contributed by atoms with Gasteiger partial charge in [0.2, 0.25) is 0 Å². The van der Waals surface area contributed by atoms with Crippen molar-refractivity contribution in [3.05, 3.63) is 42.4 Å². The number of likely N-dealkylation sites (tertiary alicyclic amines) is 1. The lowest BCUT2D eigenvalue weighted by Crippen LogP contribution is -2.33. The molecule has 4 rings (SSSR count). The van der Waals surface area contributed by atoms with Gasteiger partial charge in [0.15, 0.2) is 17.5 Å². The monoisotopic (exact) mass is 554 g/mol. The lowest BCUT2D eigenvalue weighted by molar-refractivity contribution is 0.214. The quantitative estimate of drug-likeness (QED) is 0.301. The van der Waals surface area contributed by atoms with Crippen molar-refractivity contribution >= 4 is 35.6 Å². The summed E-state index contributed by atoms with van der Waals surface area (Å²) in [6.07, 6.45) is 7.08. The highest BCUT2D eigenvalue weighted by atomic mass is 127. The molecule has 176 valence electrons. The number of fused-ring (bicyclic) bond motifs is 1. The van der Waals surface area contributed by atoms with Gasteiger partial charge >= 0.3 is 0 Å². The Kier molecular flexibility index (Phi) is 9.98. The van der Waals surface area contributed by atoms with Crippen LogP contribution in [0.25, 0.3) is 0 Å². The summed E-state index contributed by atoms with van der Waals surface area (Å²) in [4.78, 5) is 7.27. The average Bonchev–Trinajstić information content (AvgIpc) is 3.18. The fourth-order valence-electron chi connectivity index (χ4n) is 3.99. The first-order valence-corrected chi connectivity index (χ1v) is 11.4. The molecule has 1 aromatic heterocycles. The van der Waals surface area contributed by atoms with Crippen LogP contribution in [0.1, 0.15) is 31.4 Å². The molecule has 2 N–H and O–H groups in total. The van der Waals surface area contributed by atoms with Crippen LogP contribution in [0.3, 0.4) is 0 Å². The zero-order valence-corrected chi connectivity index (χ0v) is 21.2. The number of ether oxygens (including phenoxy) is 2. The van der Waals surface area contributed by atoms with Crippen molar-refractivity contribution in [1.82, 2.24) is 10.2 Å². The maximum absolute atomic E-state index is 5.83. The van der Waals surface area contributed by atoms with Crippen molar-refractivity contribution in [3.8, 4) is 11.5 Å². The summed E-state index contributed by atoms with van der Waals surface area (Å²) in [5.74, 6) is 4.10. The molecule has 1 aromatic carbocycles. The van der Waals surface area contributed by atoms with Gasteiger partial charge in [-0.2, -0.15) is 0 Å². The number of hydrogen-bond donors (Lipinski definition) is 2. The van der Waals surface area contributed by atoms with Crippen LogP contribution in [-0.4, -0.2) is 57.3 Å². The van der Waals surface area contributed by atoms with E-state index in [2.05, 4.69) is 22.6 Å². The number of anilines is 1. The summed E-state index contributed by atoms with van der Waals surface area (Å²) in [7, 11) is 2.20. The first kappa shape index (κ1) is 24.7. The van der Waals surface area contributed by atoms with Crippen molar-refractivity contribution in [2.45, 2.75) is 32.1 Å². The highest BCUT2D eigenvalue weighted by Gasteiger charge is 2.16. The molecule has 0 saturated carbocycles. The van der Waals surface area contributed by atoms with E-state index < -0.39 is 0 Å². The van der Waals surface area contributed by atoms with E-state index >= 15 is 0 Å². The topological polar surface area (TPSA) is 71.3 Å². The molecule has 1 fully saturated rings. The molecule has 0 amide bonds. The number of rotatable bonds is 7. The number of aliphatic imine (C=N–C) groups is 1. The molecule has 0 unspecified atom stereocenters. The normalized spacial score (nSPS) is 17.3. The Bertz CT molecular complexity index is 836. The Morgan fingerprint density at radius 2 is 1.94 bits per heavy atom. The maximum atomic E-state index is 5.83. The zero-order chi connectivity index (χ0) is 21.3. The van der Waals surface area contributed by atoms with E-state index in [-0.39, 0.29) is 24.0 Å². The van der Waals surface area contributed by atoms with Gasteiger partial charge in [0.05, 0.1) is 19.5 Å². The number of halogens is 1. The second-order valence-corrected chi connectivity index (χ2v) is 8.36. The van der Waals surface area contributed by atoms with Crippen LogP contribution >= 0.6 is 24.0 Å². The second kappa shape index (κ2) is 12.9. The predicted octanol–water partition coefficient (Wildman–Crippen LogP) is 4.39. The molecule has 0 bridgehead atoms. The summed E-state index contributed by atoms with van der Waals surface area (Å²) in [5.41, 5.74) is 0.938. The van der Waals surface area contributed by atoms with Gasteiger partial charge in [-0.1, -0.05) is 0 Å². The molecule has 2 aliphatic heterocycles. The van der Waals surface area contributed by atoms with Gasteiger partial charge in [-0.25, -0.2) is 0 Å². The molecule has 2 aromatic rings. The van der Waals surface area contributed by atoms with E-state index in [0.29, 0.717) is 13.2 Å². The van der Waals surface area contributed by atoms with Gasteiger partial charge in [0, 0.05) is 37.7 Å². The van der Waals surface area contributed by atoms with Gasteiger partial charge in [-0.3, -0.25) is 4.99 Å². The van der Waals surface area contributed by atoms with E-state index in [9.17, 15) is 0 Å². The molecular weight excluding hydrogens is 519 g/mol. The van der Waals surface area contributed by atoms with Gasteiger partial charge in [0.25, 0.3) is 0 Å². The van der Waals surface area contributed by atoms with Gasteiger partial charge in [0.1, 0.15) is 5.76 Å². The number of benzene rings is 1. The Morgan fingerprint density at radius 3 is 2.72 bits per heavy atom. The number of hydrogen-bond acceptors (Lipinski definition) is 5. The highest BCUT2D eigenvalue weighted by molar-refractivity contribution is 14.0. The van der Waals surface area contributed by atoms with Crippen LogP contribution in [-0.2, 0) is 6.42 Å². The Hall–Kier alpha value is -1.94. The third-order valence-electron chi connectivity index (χ3n) is 5.90. The van der Waals surface area contributed by atoms with Crippen LogP contribution in [0, 0.1) is 5.92 Å². The van der Waals surface area contributed by atoms with Crippen LogP contribution < -0.4 is 20.1 Å². The average molecular weight is 554 g/mol. The van der Waals surface area contributed by atoms with Crippen LogP contribution in [0.4, 0.5) is 5.69 Å². The van der Waals surface area contributed by atoms with Crippen LogP contribution in [0.2, 0.25) is 0 Å². The molecule has 1 saturated heterocycles. The van der Waals surface area contributed by atoms with Crippen molar-refractivity contribution in [2.24, 2.45) is 10.9 Å². The van der Waals surface area contributed by atoms with E-state index in [4.69, 9.17) is 18.9 Å². The number of nitrogens with one attached hydrogen (secondary N) is 2. The Morgan fingerprint density at radius 1 is 1.12 bits per heavy atom. The lowest BCUT2D eigenvalue weighted by atomic mass is 9.94. The molecule has 0 spiro atoms. The second-order valence-electron chi connectivity index (χ2n) is 8.36. The largest absolute Gasteiger partial charge is 0.490 e. The van der Waals surface area contributed by atoms with E-state index in [0.717, 1.165) is 67.2 Å². The van der Waals surface area contributed by atoms with E-state index in [1.54, 1.807) is 6.26 Å². The molecule has 3 heterocycles. The van der Waals surface area contributed by atoms with E-state index in [1.807, 2.05) is 30.3 Å².